The van der Waals surface area contributed by atoms with Crippen LogP contribution in [0.1, 0.15) is 36.2 Å². The number of hydrogen-bond acceptors (Lipinski definition) is 5. The molecule has 1 aromatic heterocycles. The third-order valence-electron chi connectivity index (χ3n) is 4.24. The molecule has 0 spiro atoms. The molecule has 118 valence electrons. The average Bonchev–Trinajstić information content (AvgIpc) is 3.02. The van der Waals surface area contributed by atoms with Crippen molar-refractivity contribution in [2.45, 2.75) is 45.1 Å². The van der Waals surface area contributed by atoms with Gasteiger partial charge in [-0.15, -0.1) is 0 Å². The van der Waals surface area contributed by atoms with Crippen LogP contribution in [0.25, 0.3) is 0 Å². The fraction of sp³-hybridized carbons (Fsp3) is 0.529. The summed E-state index contributed by atoms with van der Waals surface area (Å²) in [6, 6.07) is 6.91. The van der Waals surface area contributed by atoms with E-state index in [-0.39, 0.29) is 0 Å². The molecule has 1 aromatic carbocycles. The number of nitrogens with one attached hydrogen (secondary N) is 1. The molecule has 1 aliphatic rings. The van der Waals surface area contributed by atoms with Crippen molar-refractivity contribution in [1.29, 1.82) is 0 Å². The summed E-state index contributed by atoms with van der Waals surface area (Å²) >= 11 is 0. The molecule has 22 heavy (non-hydrogen) atoms. The van der Waals surface area contributed by atoms with Crippen LogP contribution in [0.15, 0.2) is 22.7 Å². The summed E-state index contributed by atoms with van der Waals surface area (Å²) < 4.78 is 10.4. The molecule has 2 aromatic rings. The minimum Gasteiger partial charge on any atom is -0.497 e. The number of methoxy groups -OCH3 is 1. The van der Waals surface area contributed by atoms with E-state index in [1.807, 2.05) is 13.0 Å². The van der Waals surface area contributed by atoms with Crippen molar-refractivity contribution in [2.75, 3.05) is 13.7 Å². The van der Waals surface area contributed by atoms with Crippen molar-refractivity contribution in [3.63, 3.8) is 0 Å². The summed E-state index contributed by atoms with van der Waals surface area (Å²) in [5, 5.41) is 7.60. The van der Waals surface area contributed by atoms with Gasteiger partial charge in [-0.1, -0.05) is 18.1 Å². The summed E-state index contributed by atoms with van der Waals surface area (Å²) in [6.45, 7) is 2.90. The highest BCUT2D eigenvalue weighted by molar-refractivity contribution is 5.37. The van der Waals surface area contributed by atoms with Crippen LogP contribution in [0.3, 0.4) is 0 Å². The van der Waals surface area contributed by atoms with Crippen LogP contribution in [0, 0.1) is 0 Å². The number of ether oxygens (including phenoxy) is 1. The molecule has 1 aliphatic carbocycles. The molecule has 1 heterocycles. The average molecular weight is 301 g/mol. The van der Waals surface area contributed by atoms with Crippen LogP contribution < -0.4 is 10.1 Å². The fourth-order valence-corrected chi connectivity index (χ4v) is 2.96. The van der Waals surface area contributed by atoms with Crippen LogP contribution in [-0.2, 0) is 25.7 Å². The van der Waals surface area contributed by atoms with Crippen LogP contribution >= 0.6 is 0 Å². The molecule has 3 rings (SSSR count). The number of aromatic nitrogens is 2. The Morgan fingerprint density at radius 2 is 2.27 bits per heavy atom. The highest BCUT2D eigenvalue weighted by atomic mass is 16.5. The van der Waals surface area contributed by atoms with E-state index in [9.17, 15) is 0 Å². The topological polar surface area (TPSA) is 60.2 Å². The van der Waals surface area contributed by atoms with Gasteiger partial charge >= 0.3 is 0 Å². The molecule has 0 saturated heterocycles. The van der Waals surface area contributed by atoms with Gasteiger partial charge in [-0.2, -0.15) is 4.98 Å². The Kier molecular flexibility index (Phi) is 4.73. The smallest absolute Gasteiger partial charge is 0.226 e. The van der Waals surface area contributed by atoms with Gasteiger partial charge in [0.15, 0.2) is 5.82 Å². The molecular formula is C17H23N3O2. The molecule has 1 N–H and O–H groups in total. The molecule has 0 amide bonds. The molecule has 1 unspecified atom stereocenters. The van der Waals surface area contributed by atoms with E-state index in [2.05, 4.69) is 27.6 Å². The lowest BCUT2D eigenvalue weighted by Gasteiger charge is -2.25. The maximum atomic E-state index is 5.32. The Balaban J connectivity index is 1.51. The van der Waals surface area contributed by atoms with Gasteiger partial charge in [0, 0.05) is 25.4 Å². The molecule has 0 radical (unpaired) electrons. The lowest BCUT2D eigenvalue weighted by molar-refractivity contribution is 0.375. The number of aryl methyl sites for hydroxylation is 2. The van der Waals surface area contributed by atoms with E-state index in [0.29, 0.717) is 11.9 Å². The molecule has 0 saturated carbocycles. The van der Waals surface area contributed by atoms with Crippen LogP contribution in [0.2, 0.25) is 0 Å². The van der Waals surface area contributed by atoms with Crippen LogP contribution in [0.4, 0.5) is 0 Å². The van der Waals surface area contributed by atoms with Gasteiger partial charge in [0.1, 0.15) is 5.75 Å². The first-order valence-electron chi connectivity index (χ1n) is 7.99. The van der Waals surface area contributed by atoms with Gasteiger partial charge < -0.3 is 14.6 Å². The molecule has 1 atom stereocenters. The Hall–Kier alpha value is -1.88. The van der Waals surface area contributed by atoms with E-state index < -0.39 is 0 Å². The first kappa shape index (κ1) is 15.0. The summed E-state index contributed by atoms with van der Waals surface area (Å²) in [6.07, 6.45) is 4.95. The molecule has 0 bridgehead atoms. The van der Waals surface area contributed by atoms with E-state index in [1.165, 1.54) is 17.5 Å². The van der Waals surface area contributed by atoms with Gasteiger partial charge in [-0.05, 0) is 42.5 Å². The number of hydrogen-bond donors (Lipinski definition) is 1. The molecule has 0 fully saturated rings. The lowest BCUT2D eigenvalue weighted by atomic mass is 9.88. The van der Waals surface area contributed by atoms with E-state index >= 15 is 0 Å². The van der Waals surface area contributed by atoms with Crippen molar-refractivity contribution in [3.8, 4) is 5.75 Å². The third-order valence-corrected chi connectivity index (χ3v) is 4.24. The molecule has 5 heteroatoms. The maximum absolute atomic E-state index is 5.32. The first-order valence-corrected chi connectivity index (χ1v) is 7.99. The Labute approximate surface area is 131 Å². The number of rotatable bonds is 6. The van der Waals surface area contributed by atoms with E-state index in [1.54, 1.807) is 7.11 Å². The number of nitrogens with zero attached hydrogens (tertiary/aromatic N) is 2. The van der Waals surface area contributed by atoms with Crippen molar-refractivity contribution < 1.29 is 9.26 Å². The van der Waals surface area contributed by atoms with Crippen molar-refractivity contribution >= 4 is 0 Å². The van der Waals surface area contributed by atoms with E-state index in [0.717, 1.165) is 43.8 Å². The van der Waals surface area contributed by atoms with Gasteiger partial charge in [0.05, 0.1) is 7.11 Å². The third kappa shape index (κ3) is 3.47. The van der Waals surface area contributed by atoms with Crippen LogP contribution in [0.5, 0.6) is 5.75 Å². The van der Waals surface area contributed by atoms with E-state index in [4.69, 9.17) is 9.26 Å². The van der Waals surface area contributed by atoms with Gasteiger partial charge in [-0.25, -0.2) is 0 Å². The molecule has 5 nitrogen and oxygen atoms in total. The largest absolute Gasteiger partial charge is 0.497 e. The zero-order valence-corrected chi connectivity index (χ0v) is 13.3. The maximum Gasteiger partial charge on any atom is 0.226 e. The normalized spacial score (nSPS) is 17.3. The fourth-order valence-electron chi connectivity index (χ4n) is 2.96. The summed E-state index contributed by atoms with van der Waals surface area (Å²) in [5.74, 6) is 2.45. The highest BCUT2D eigenvalue weighted by Gasteiger charge is 2.18. The van der Waals surface area contributed by atoms with Gasteiger partial charge in [0.25, 0.3) is 0 Å². The Bertz CT molecular complexity index is 624. The summed E-state index contributed by atoms with van der Waals surface area (Å²) in [5.41, 5.74) is 2.85. The second kappa shape index (κ2) is 6.92. The SMILES string of the molecule is CCc1nc(CCNC2CCc3ccc(OC)cc3C2)no1. The van der Waals surface area contributed by atoms with Crippen molar-refractivity contribution in [1.82, 2.24) is 15.5 Å². The monoisotopic (exact) mass is 301 g/mol. The summed E-state index contributed by atoms with van der Waals surface area (Å²) in [4.78, 5) is 4.34. The number of fused-ring (bicyclic) bond motifs is 1. The van der Waals surface area contributed by atoms with Crippen molar-refractivity contribution in [2.24, 2.45) is 0 Å². The first-order chi connectivity index (χ1) is 10.8. The second-order valence-corrected chi connectivity index (χ2v) is 5.74. The summed E-state index contributed by atoms with van der Waals surface area (Å²) in [7, 11) is 1.72. The second-order valence-electron chi connectivity index (χ2n) is 5.74. The highest BCUT2D eigenvalue weighted by Crippen LogP contribution is 2.25. The van der Waals surface area contributed by atoms with Gasteiger partial charge in [-0.3, -0.25) is 0 Å². The predicted octanol–water partition coefficient (Wildman–Crippen LogP) is 2.33. The van der Waals surface area contributed by atoms with Crippen molar-refractivity contribution in [3.05, 3.63) is 41.0 Å². The van der Waals surface area contributed by atoms with Gasteiger partial charge in [0.2, 0.25) is 5.89 Å². The number of benzene rings is 1. The minimum absolute atomic E-state index is 0.511. The molecular weight excluding hydrogens is 278 g/mol. The zero-order valence-electron chi connectivity index (χ0n) is 13.3. The van der Waals surface area contributed by atoms with Crippen LogP contribution in [-0.4, -0.2) is 29.8 Å². The Morgan fingerprint density at radius 3 is 3.05 bits per heavy atom. The lowest BCUT2D eigenvalue weighted by Crippen LogP contribution is -2.35. The standard InChI is InChI=1S/C17H23N3O2/c1-3-17-19-16(20-22-17)8-9-18-14-6-4-12-5-7-15(21-2)11-13(12)10-14/h5,7,11,14,18H,3-4,6,8-10H2,1-2H3. The molecule has 0 aliphatic heterocycles. The minimum atomic E-state index is 0.511. The zero-order chi connectivity index (χ0) is 15.4. The predicted molar refractivity (Wildman–Crippen MR) is 84.2 cm³/mol. The quantitative estimate of drug-likeness (QED) is 0.887. The Morgan fingerprint density at radius 1 is 1.36 bits per heavy atom.